The zero-order valence-electron chi connectivity index (χ0n) is 30.7. The quantitative estimate of drug-likeness (QED) is 0.180. The van der Waals surface area contributed by atoms with Gasteiger partial charge >= 0.3 is 11.9 Å². The van der Waals surface area contributed by atoms with Crippen molar-refractivity contribution in [2.24, 2.45) is 28.6 Å². The highest BCUT2D eigenvalue weighted by molar-refractivity contribution is 6.01. The second-order valence-corrected chi connectivity index (χ2v) is 15.8. The minimum atomic E-state index is -2.34. The van der Waals surface area contributed by atoms with Crippen molar-refractivity contribution in [3.8, 4) is 0 Å². The topological polar surface area (TPSA) is 187 Å². The lowest BCUT2D eigenvalue weighted by atomic mass is 9.44. The highest BCUT2D eigenvalue weighted by atomic mass is 19.1. The lowest BCUT2D eigenvalue weighted by Crippen LogP contribution is -2.70. The summed E-state index contributed by atoms with van der Waals surface area (Å²) in [5.74, 6) is -4.78. The molecule has 16 heteroatoms. The van der Waals surface area contributed by atoms with Crippen molar-refractivity contribution >= 4 is 23.5 Å². The van der Waals surface area contributed by atoms with Gasteiger partial charge in [0, 0.05) is 49.5 Å². The van der Waals surface area contributed by atoms with Crippen LogP contribution in [-0.4, -0.2) is 135 Å². The molecule has 0 aromatic heterocycles. The number of benzene rings is 1. The first kappa shape index (κ1) is 40.2. The molecule has 4 N–H and O–H groups in total. The Labute approximate surface area is 311 Å². The summed E-state index contributed by atoms with van der Waals surface area (Å²) in [6.45, 7) is 6.71. The number of ketones is 2. The number of halogens is 2. The van der Waals surface area contributed by atoms with Gasteiger partial charge in [-0.25, -0.2) is 18.4 Å². The average molecular weight is 762 g/mol. The molecule has 5 aliphatic rings. The number of carbonyl (C=O) groups is 4. The lowest BCUT2D eigenvalue weighted by molar-refractivity contribution is -0.497. The molecule has 1 aromatic carbocycles. The maximum absolute atomic E-state index is 17.4. The average Bonchev–Trinajstić information content (AvgIpc) is 3.34. The molecule has 0 amide bonds. The molecule has 1 saturated heterocycles. The van der Waals surface area contributed by atoms with Crippen LogP contribution < -0.4 is 0 Å². The van der Waals surface area contributed by atoms with Crippen LogP contribution in [0.1, 0.15) is 56.0 Å². The molecule has 296 valence electrons. The standard InChI is InChI=1S/C38H49F2N3O11/c1-23-16-27-28-18-30(39)29-17-26(44)8-9-35(29,2)37(28,40)31(45)19-36(27,3)38(23,49)32(46)22-53-33(47)20-42-12-10-41(11-13-42)14-15-52-34(48)25-6-4-24(5-7-25)21-54-43(50)51/h4-9,17,23,27-28,30-31,45,49-51H,10-16,18-22H2,1-3H3/t23-,27?,28?,30+,31+,35+,36+,37+,38+/m1/s1. The van der Waals surface area contributed by atoms with Gasteiger partial charge in [0.2, 0.25) is 5.78 Å². The predicted molar refractivity (Wildman–Crippen MR) is 184 cm³/mol. The largest absolute Gasteiger partial charge is 0.461 e. The summed E-state index contributed by atoms with van der Waals surface area (Å²) in [6, 6.07) is 6.27. The molecule has 14 nitrogen and oxygen atoms in total. The van der Waals surface area contributed by atoms with Gasteiger partial charge in [-0.1, -0.05) is 32.1 Å². The Hall–Kier alpha value is -3.48. The first-order valence-electron chi connectivity index (χ1n) is 18.3. The third kappa shape index (κ3) is 6.95. The third-order valence-corrected chi connectivity index (χ3v) is 13.0. The van der Waals surface area contributed by atoms with Crippen LogP contribution in [0.2, 0.25) is 0 Å². The van der Waals surface area contributed by atoms with Crippen LogP contribution in [0.4, 0.5) is 8.78 Å². The molecule has 1 heterocycles. The minimum absolute atomic E-state index is 0.00277. The Balaban J connectivity index is 0.976. The number of Topliss-reactive ketones (excluding diaryl/α,β-unsaturated/α-hetero) is 1. The third-order valence-electron chi connectivity index (χ3n) is 13.0. The van der Waals surface area contributed by atoms with E-state index in [-0.39, 0.29) is 44.6 Å². The zero-order chi connectivity index (χ0) is 39.2. The normalized spacial score (nSPS) is 36.6. The smallest absolute Gasteiger partial charge is 0.338 e. The van der Waals surface area contributed by atoms with Crippen molar-refractivity contribution < 1.29 is 62.9 Å². The minimum Gasteiger partial charge on any atom is -0.461 e. The summed E-state index contributed by atoms with van der Waals surface area (Å²) in [5.41, 5.74) is -6.39. The first-order chi connectivity index (χ1) is 25.4. The maximum Gasteiger partial charge on any atom is 0.338 e. The van der Waals surface area contributed by atoms with E-state index in [9.17, 15) is 29.4 Å². The molecule has 0 radical (unpaired) electrons. The van der Waals surface area contributed by atoms with Gasteiger partial charge < -0.3 is 19.7 Å². The fourth-order valence-electron chi connectivity index (χ4n) is 10.0. The molecule has 0 spiro atoms. The fourth-order valence-corrected chi connectivity index (χ4v) is 10.0. The van der Waals surface area contributed by atoms with E-state index in [1.54, 1.807) is 26.0 Å². The predicted octanol–water partition coefficient (Wildman–Crippen LogP) is 2.38. The molecular formula is C38H49F2N3O11. The molecule has 6 rings (SSSR count). The Bertz CT molecular complexity index is 1680. The number of hydrogen-bond donors (Lipinski definition) is 4. The van der Waals surface area contributed by atoms with E-state index < -0.39 is 87.6 Å². The lowest BCUT2D eigenvalue weighted by Gasteiger charge is -2.63. The van der Waals surface area contributed by atoms with Crippen molar-refractivity contribution in [3.05, 3.63) is 59.2 Å². The van der Waals surface area contributed by atoms with E-state index in [0.717, 1.165) is 6.08 Å². The molecule has 1 aromatic rings. The number of aliphatic hydroxyl groups is 2. The van der Waals surface area contributed by atoms with Crippen molar-refractivity contribution in [2.45, 2.75) is 70.2 Å². The van der Waals surface area contributed by atoms with E-state index in [2.05, 4.69) is 9.74 Å². The fraction of sp³-hybridized carbons (Fsp3) is 0.632. The molecule has 1 aliphatic heterocycles. The maximum atomic E-state index is 17.4. The van der Waals surface area contributed by atoms with Crippen LogP contribution in [0.5, 0.6) is 0 Å². The Morgan fingerprint density at radius 3 is 2.33 bits per heavy atom. The second kappa shape index (κ2) is 15.2. The summed E-state index contributed by atoms with van der Waals surface area (Å²) >= 11 is 0. The number of carbonyl (C=O) groups excluding carboxylic acids is 4. The zero-order valence-corrected chi connectivity index (χ0v) is 30.7. The number of nitrogens with zero attached hydrogens (tertiary/aromatic N) is 3. The van der Waals surface area contributed by atoms with Gasteiger partial charge in [0.05, 0.1) is 30.2 Å². The van der Waals surface area contributed by atoms with Crippen molar-refractivity contribution in [1.29, 1.82) is 0 Å². The molecule has 9 atom stereocenters. The molecule has 2 unspecified atom stereocenters. The van der Waals surface area contributed by atoms with Crippen LogP contribution >= 0.6 is 0 Å². The summed E-state index contributed by atoms with van der Waals surface area (Å²) < 4.78 is 43.9. The summed E-state index contributed by atoms with van der Waals surface area (Å²) in [5, 5.41) is 40.5. The van der Waals surface area contributed by atoms with Crippen molar-refractivity contribution in [3.63, 3.8) is 0 Å². The van der Waals surface area contributed by atoms with Crippen LogP contribution in [0, 0.1) is 28.6 Å². The Morgan fingerprint density at radius 1 is 1.00 bits per heavy atom. The Morgan fingerprint density at radius 2 is 1.67 bits per heavy atom. The highest BCUT2D eigenvalue weighted by Gasteiger charge is 2.76. The SMILES string of the molecule is C[C@@H]1CC2C3C[C@H](F)C4=CC(=O)C=C[C@]4(C)[C@@]3(F)[C@@H](O)C[C@]2(C)[C@@]1(O)C(=O)COC(=O)CN1CCN(CCOC(=O)c2ccc(CON(O)O)cc2)CC1. The molecule has 4 fully saturated rings. The van der Waals surface area contributed by atoms with Gasteiger partial charge in [-0.3, -0.25) is 34.6 Å². The van der Waals surface area contributed by atoms with E-state index in [1.807, 2.05) is 4.90 Å². The highest BCUT2D eigenvalue weighted by Crippen LogP contribution is 2.71. The van der Waals surface area contributed by atoms with Gasteiger partial charge in [-0.2, -0.15) is 0 Å². The van der Waals surface area contributed by atoms with E-state index in [4.69, 9.17) is 19.9 Å². The number of aliphatic hydroxyl groups excluding tert-OH is 1. The summed E-state index contributed by atoms with van der Waals surface area (Å²) in [7, 11) is 0. The summed E-state index contributed by atoms with van der Waals surface area (Å²) in [4.78, 5) is 59.6. The van der Waals surface area contributed by atoms with Crippen LogP contribution in [-0.2, 0) is 35.3 Å². The molecule has 4 aliphatic carbocycles. The van der Waals surface area contributed by atoms with E-state index in [0.29, 0.717) is 43.9 Å². The van der Waals surface area contributed by atoms with E-state index >= 15 is 8.78 Å². The number of rotatable bonds is 12. The van der Waals surface area contributed by atoms with Crippen molar-refractivity contribution in [2.75, 3.05) is 52.5 Å². The monoisotopic (exact) mass is 761 g/mol. The molecule has 54 heavy (non-hydrogen) atoms. The number of hydrogen-bond acceptors (Lipinski definition) is 14. The van der Waals surface area contributed by atoms with Crippen LogP contribution in [0.15, 0.2) is 48.1 Å². The van der Waals surface area contributed by atoms with Gasteiger partial charge in [-0.15, -0.1) is 0 Å². The number of piperazine rings is 1. The number of fused-ring (bicyclic) bond motifs is 5. The number of ether oxygens (including phenoxy) is 2. The number of esters is 2. The van der Waals surface area contributed by atoms with Gasteiger partial charge in [0.25, 0.3) is 0 Å². The first-order valence-corrected chi connectivity index (χ1v) is 18.3. The second-order valence-electron chi connectivity index (χ2n) is 15.8. The molecule has 0 bridgehead atoms. The van der Waals surface area contributed by atoms with Crippen molar-refractivity contribution in [1.82, 2.24) is 15.2 Å². The Kier molecular flexibility index (Phi) is 11.3. The van der Waals surface area contributed by atoms with Gasteiger partial charge in [0.15, 0.2) is 18.1 Å². The van der Waals surface area contributed by atoms with Crippen LogP contribution in [0.25, 0.3) is 0 Å². The number of allylic oxidation sites excluding steroid dienone is 4. The van der Waals surface area contributed by atoms with Gasteiger partial charge in [-0.05, 0) is 73.4 Å². The summed E-state index contributed by atoms with van der Waals surface area (Å²) in [6.07, 6.45) is -0.0405. The molecule has 3 saturated carbocycles. The van der Waals surface area contributed by atoms with Crippen LogP contribution in [0.3, 0.4) is 0 Å². The van der Waals surface area contributed by atoms with Gasteiger partial charge in [0.1, 0.15) is 18.4 Å². The van der Waals surface area contributed by atoms with E-state index in [1.165, 1.54) is 31.2 Å². The number of alkyl halides is 2. The molecular weight excluding hydrogens is 712 g/mol.